The lowest BCUT2D eigenvalue weighted by Crippen LogP contribution is -2.20. The molecule has 1 fully saturated rings. The van der Waals surface area contributed by atoms with Gasteiger partial charge in [-0.2, -0.15) is 5.10 Å². The van der Waals surface area contributed by atoms with Gasteiger partial charge in [0.25, 0.3) is 0 Å². The van der Waals surface area contributed by atoms with E-state index in [-0.39, 0.29) is 11.9 Å². The Labute approximate surface area is 102 Å². The highest BCUT2D eigenvalue weighted by Gasteiger charge is 2.17. The number of Topliss-reactive ketones (excluding diaryl/α,β-unsaturated/α-hetero) is 1. The van der Waals surface area contributed by atoms with Crippen molar-refractivity contribution in [1.82, 2.24) is 9.78 Å². The highest BCUT2D eigenvalue weighted by molar-refractivity contribution is 5.94. The van der Waals surface area contributed by atoms with Gasteiger partial charge < -0.3 is 4.74 Å². The molecule has 0 radical (unpaired) electrons. The van der Waals surface area contributed by atoms with Crippen molar-refractivity contribution < 1.29 is 9.53 Å². The number of carbonyl (C=O) groups excluding carboxylic acids is 1. The van der Waals surface area contributed by atoms with E-state index in [0.717, 1.165) is 38.1 Å². The fourth-order valence-electron chi connectivity index (χ4n) is 2.28. The van der Waals surface area contributed by atoms with Crippen LogP contribution >= 0.6 is 0 Å². The minimum absolute atomic E-state index is 0.179. The SMILES string of the molecule is CCn1nccc1C(=O)CCC1CCCCO1. The van der Waals surface area contributed by atoms with E-state index in [1.54, 1.807) is 16.9 Å². The molecule has 94 valence electrons. The van der Waals surface area contributed by atoms with Gasteiger partial charge in [0.2, 0.25) is 0 Å². The lowest BCUT2D eigenvalue weighted by atomic mass is 10.0. The average molecular weight is 236 g/mol. The van der Waals surface area contributed by atoms with Gasteiger partial charge in [-0.15, -0.1) is 0 Å². The van der Waals surface area contributed by atoms with E-state index in [2.05, 4.69) is 5.10 Å². The van der Waals surface area contributed by atoms with E-state index in [0.29, 0.717) is 6.42 Å². The van der Waals surface area contributed by atoms with Crippen LogP contribution in [0.2, 0.25) is 0 Å². The van der Waals surface area contributed by atoms with Gasteiger partial charge in [-0.3, -0.25) is 9.48 Å². The smallest absolute Gasteiger partial charge is 0.180 e. The van der Waals surface area contributed by atoms with Gasteiger partial charge in [-0.25, -0.2) is 0 Å². The molecule has 4 heteroatoms. The van der Waals surface area contributed by atoms with Gasteiger partial charge in [0.15, 0.2) is 5.78 Å². The number of rotatable bonds is 5. The Bertz CT molecular complexity index is 367. The maximum atomic E-state index is 12.0. The number of nitrogens with zero attached hydrogens (tertiary/aromatic N) is 2. The first kappa shape index (κ1) is 12.3. The van der Waals surface area contributed by atoms with Crippen molar-refractivity contribution in [3.05, 3.63) is 18.0 Å². The van der Waals surface area contributed by atoms with E-state index in [1.807, 2.05) is 6.92 Å². The maximum absolute atomic E-state index is 12.0. The van der Waals surface area contributed by atoms with E-state index >= 15 is 0 Å². The molecule has 1 unspecified atom stereocenters. The summed E-state index contributed by atoms with van der Waals surface area (Å²) in [6.07, 6.45) is 6.86. The second-order valence-electron chi connectivity index (χ2n) is 4.48. The third-order valence-corrected chi connectivity index (χ3v) is 3.27. The van der Waals surface area contributed by atoms with Gasteiger partial charge >= 0.3 is 0 Å². The normalized spacial score (nSPS) is 20.4. The second-order valence-corrected chi connectivity index (χ2v) is 4.48. The summed E-state index contributed by atoms with van der Waals surface area (Å²) in [5.41, 5.74) is 0.725. The number of hydrogen-bond acceptors (Lipinski definition) is 3. The van der Waals surface area contributed by atoms with Crippen LogP contribution in [0.25, 0.3) is 0 Å². The Balaban J connectivity index is 1.84. The molecule has 1 saturated heterocycles. The first-order valence-electron chi connectivity index (χ1n) is 6.48. The lowest BCUT2D eigenvalue weighted by molar-refractivity contribution is 0.0104. The summed E-state index contributed by atoms with van der Waals surface area (Å²) in [5, 5.41) is 4.12. The fourth-order valence-corrected chi connectivity index (χ4v) is 2.28. The highest BCUT2D eigenvalue weighted by Crippen LogP contribution is 2.18. The number of ketones is 1. The number of aromatic nitrogens is 2. The van der Waals surface area contributed by atoms with Crippen molar-refractivity contribution in [1.29, 1.82) is 0 Å². The molecule has 1 atom stereocenters. The molecule has 1 aliphatic rings. The summed E-state index contributed by atoms with van der Waals surface area (Å²) < 4.78 is 7.38. The molecular formula is C13H20N2O2. The summed E-state index contributed by atoms with van der Waals surface area (Å²) in [6, 6.07) is 1.80. The molecule has 1 aromatic heterocycles. The second kappa shape index (κ2) is 5.96. The Morgan fingerprint density at radius 3 is 3.18 bits per heavy atom. The molecule has 1 aliphatic heterocycles. The van der Waals surface area contributed by atoms with Crippen LogP contribution in [0.4, 0.5) is 0 Å². The molecule has 0 bridgehead atoms. The predicted octanol–water partition coefficient (Wildman–Crippen LogP) is 2.44. The first-order valence-corrected chi connectivity index (χ1v) is 6.48. The minimum atomic E-state index is 0.179. The van der Waals surface area contributed by atoms with Crippen LogP contribution in [0.3, 0.4) is 0 Å². The molecule has 1 aromatic rings. The Morgan fingerprint density at radius 1 is 1.59 bits per heavy atom. The fraction of sp³-hybridized carbons (Fsp3) is 0.692. The molecule has 2 rings (SSSR count). The van der Waals surface area contributed by atoms with E-state index in [4.69, 9.17) is 4.74 Å². The monoisotopic (exact) mass is 236 g/mol. The maximum Gasteiger partial charge on any atom is 0.180 e. The van der Waals surface area contributed by atoms with Crippen molar-refractivity contribution in [2.24, 2.45) is 0 Å². The van der Waals surface area contributed by atoms with Crippen molar-refractivity contribution in [2.75, 3.05) is 6.61 Å². The van der Waals surface area contributed by atoms with Gasteiger partial charge in [0, 0.05) is 25.8 Å². The van der Waals surface area contributed by atoms with Crippen LogP contribution in [0, 0.1) is 0 Å². The van der Waals surface area contributed by atoms with E-state index < -0.39 is 0 Å². The molecule has 0 amide bonds. The number of aryl methyl sites for hydroxylation is 1. The first-order chi connectivity index (χ1) is 8.31. The third kappa shape index (κ3) is 3.16. The standard InChI is InChI=1S/C13H20N2O2/c1-2-15-12(8-9-14-15)13(16)7-6-11-5-3-4-10-17-11/h8-9,11H,2-7,10H2,1H3. The topological polar surface area (TPSA) is 44.1 Å². The summed E-state index contributed by atoms with van der Waals surface area (Å²) in [6.45, 7) is 3.59. The van der Waals surface area contributed by atoms with Crippen LogP contribution < -0.4 is 0 Å². The molecule has 17 heavy (non-hydrogen) atoms. The number of ether oxygens (including phenoxy) is 1. The molecule has 0 aromatic carbocycles. The summed E-state index contributed by atoms with van der Waals surface area (Å²) >= 11 is 0. The van der Waals surface area contributed by atoms with Crippen LogP contribution in [-0.4, -0.2) is 28.3 Å². The molecule has 2 heterocycles. The summed E-state index contributed by atoms with van der Waals surface area (Å²) in [5.74, 6) is 0.179. The molecule has 0 N–H and O–H groups in total. The predicted molar refractivity (Wildman–Crippen MR) is 65.1 cm³/mol. The van der Waals surface area contributed by atoms with Crippen LogP contribution in [0.5, 0.6) is 0 Å². The third-order valence-electron chi connectivity index (χ3n) is 3.27. The molecule has 0 aliphatic carbocycles. The zero-order chi connectivity index (χ0) is 12.1. The molecule has 0 spiro atoms. The van der Waals surface area contributed by atoms with Crippen molar-refractivity contribution in [3.63, 3.8) is 0 Å². The average Bonchev–Trinajstić information content (AvgIpc) is 2.85. The molecular weight excluding hydrogens is 216 g/mol. The lowest BCUT2D eigenvalue weighted by Gasteiger charge is -2.22. The van der Waals surface area contributed by atoms with Gasteiger partial charge in [0.1, 0.15) is 5.69 Å². The Hall–Kier alpha value is -1.16. The van der Waals surface area contributed by atoms with Crippen LogP contribution in [0.1, 0.15) is 49.5 Å². The minimum Gasteiger partial charge on any atom is -0.378 e. The van der Waals surface area contributed by atoms with Gasteiger partial charge in [-0.05, 0) is 38.7 Å². The zero-order valence-corrected chi connectivity index (χ0v) is 10.4. The zero-order valence-electron chi connectivity index (χ0n) is 10.4. The van der Waals surface area contributed by atoms with Gasteiger partial charge in [0.05, 0.1) is 6.10 Å². The summed E-state index contributed by atoms with van der Waals surface area (Å²) in [4.78, 5) is 12.0. The largest absolute Gasteiger partial charge is 0.378 e. The highest BCUT2D eigenvalue weighted by atomic mass is 16.5. The molecule has 4 nitrogen and oxygen atoms in total. The Morgan fingerprint density at radius 2 is 2.47 bits per heavy atom. The van der Waals surface area contributed by atoms with Gasteiger partial charge in [-0.1, -0.05) is 0 Å². The van der Waals surface area contributed by atoms with Crippen molar-refractivity contribution >= 4 is 5.78 Å². The number of hydrogen-bond donors (Lipinski definition) is 0. The number of carbonyl (C=O) groups is 1. The van der Waals surface area contributed by atoms with Crippen LogP contribution in [0.15, 0.2) is 12.3 Å². The Kier molecular flexibility index (Phi) is 4.31. The quantitative estimate of drug-likeness (QED) is 0.737. The van der Waals surface area contributed by atoms with Crippen LogP contribution in [-0.2, 0) is 11.3 Å². The van der Waals surface area contributed by atoms with Crippen molar-refractivity contribution in [2.45, 2.75) is 51.7 Å². The van der Waals surface area contributed by atoms with E-state index in [9.17, 15) is 4.79 Å². The van der Waals surface area contributed by atoms with E-state index in [1.165, 1.54) is 6.42 Å². The summed E-state index contributed by atoms with van der Waals surface area (Å²) in [7, 11) is 0. The van der Waals surface area contributed by atoms with Crippen molar-refractivity contribution in [3.8, 4) is 0 Å². The molecule has 0 saturated carbocycles.